The van der Waals surface area contributed by atoms with Crippen LogP contribution in [0.15, 0.2) is 132 Å². The minimum absolute atomic E-state index is 0.0000424. The molecule has 51 heavy (non-hydrogen) atoms. The van der Waals surface area contributed by atoms with Gasteiger partial charge in [-0.25, -0.2) is 9.97 Å². The molecule has 1 amide bonds. The molecule has 0 radical (unpaired) electrons. The molecule has 3 heterocycles. The molecule has 2 aromatic heterocycles. The number of nitrogens with zero attached hydrogens (tertiary/aromatic N) is 3. The van der Waals surface area contributed by atoms with Crippen molar-refractivity contribution in [1.82, 2.24) is 20.3 Å². The van der Waals surface area contributed by atoms with E-state index < -0.39 is 6.29 Å². The van der Waals surface area contributed by atoms with Crippen LogP contribution in [0.2, 0.25) is 0 Å². The molecule has 8 nitrogen and oxygen atoms in total. The lowest BCUT2D eigenvalue weighted by molar-refractivity contribution is -0.245. The molecule has 0 spiro atoms. The summed E-state index contributed by atoms with van der Waals surface area (Å²) in [6, 6.07) is 39.9. The molecule has 0 aliphatic carbocycles. The summed E-state index contributed by atoms with van der Waals surface area (Å²) in [5, 5.41) is 12.6. The first kappa shape index (κ1) is 33.2. The second-order valence-electron chi connectivity index (χ2n) is 12.3. The molecule has 1 aliphatic heterocycles. The van der Waals surface area contributed by atoms with Crippen molar-refractivity contribution in [2.45, 2.75) is 42.4 Å². The van der Waals surface area contributed by atoms with E-state index in [9.17, 15) is 9.90 Å². The highest BCUT2D eigenvalue weighted by molar-refractivity contribution is 8.01. The van der Waals surface area contributed by atoms with Gasteiger partial charge in [-0.05, 0) is 52.1 Å². The Labute approximate surface area is 303 Å². The highest BCUT2D eigenvalue weighted by Gasteiger charge is 2.32. The van der Waals surface area contributed by atoms with Crippen LogP contribution in [0, 0.1) is 0 Å². The molecular formula is C41H34N4O4S2. The molecule has 1 saturated heterocycles. The maximum absolute atomic E-state index is 13.0. The van der Waals surface area contributed by atoms with Crippen LogP contribution in [0.5, 0.6) is 0 Å². The lowest BCUT2D eigenvalue weighted by Crippen LogP contribution is -2.31. The molecule has 8 rings (SSSR count). The number of ether oxygens (including phenoxy) is 2. The van der Waals surface area contributed by atoms with Crippen LogP contribution in [-0.4, -0.2) is 37.8 Å². The van der Waals surface area contributed by atoms with Crippen LogP contribution in [0.25, 0.3) is 32.4 Å². The van der Waals surface area contributed by atoms with E-state index in [4.69, 9.17) is 14.5 Å². The van der Waals surface area contributed by atoms with Crippen molar-refractivity contribution < 1.29 is 19.4 Å². The van der Waals surface area contributed by atoms with E-state index in [-0.39, 0.29) is 30.4 Å². The molecule has 7 aromatic rings. The first-order chi connectivity index (χ1) is 25.1. The molecule has 1 fully saturated rings. The largest absolute Gasteiger partial charge is 0.392 e. The number of rotatable bonds is 10. The van der Waals surface area contributed by atoms with Crippen molar-refractivity contribution in [1.29, 1.82) is 0 Å². The van der Waals surface area contributed by atoms with Gasteiger partial charge in [-0.1, -0.05) is 109 Å². The van der Waals surface area contributed by atoms with E-state index in [0.717, 1.165) is 54.5 Å². The number of aromatic nitrogens is 3. The zero-order valence-corrected chi connectivity index (χ0v) is 29.1. The Balaban J connectivity index is 0.985. The third-order valence-corrected chi connectivity index (χ3v) is 11.2. The lowest BCUT2D eigenvalue weighted by Gasteiger charge is -2.36. The number of amides is 1. The molecule has 10 heteroatoms. The van der Waals surface area contributed by atoms with Gasteiger partial charge in [0.05, 0.1) is 46.3 Å². The van der Waals surface area contributed by atoms with Crippen LogP contribution < -0.4 is 5.32 Å². The van der Waals surface area contributed by atoms with Crippen LogP contribution in [-0.2, 0) is 22.6 Å². The monoisotopic (exact) mass is 710 g/mol. The van der Waals surface area contributed by atoms with Crippen molar-refractivity contribution in [2.24, 2.45) is 0 Å². The fourth-order valence-corrected chi connectivity index (χ4v) is 8.32. The SMILES string of the molecule is O=C(NCc1ccccc1-c1ccc([C@H]2O[C@@H](CSc3nc4ccccc4s3)C[C@@H](c3ccc(CO)cc3)O2)cc1)c1cnc2ccccc2n1. The Kier molecular flexibility index (Phi) is 9.83. The van der Waals surface area contributed by atoms with E-state index in [0.29, 0.717) is 18.5 Å². The maximum Gasteiger partial charge on any atom is 0.271 e. The smallest absolute Gasteiger partial charge is 0.271 e. The number of carbonyl (C=O) groups excluding carboxylic acids is 1. The van der Waals surface area contributed by atoms with Gasteiger partial charge in [0.15, 0.2) is 10.6 Å². The number of hydrogen-bond donors (Lipinski definition) is 2. The Morgan fingerprint density at radius 3 is 2.33 bits per heavy atom. The summed E-state index contributed by atoms with van der Waals surface area (Å²) < 4.78 is 15.4. The molecular weight excluding hydrogens is 677 g/mol. The van der Waals surface area contributed by atoms with Crippen molar-refractivity contribution in [3.63, 3.8) is 0 Å². The number of aliphatic hydroxyl groups excluding tert-OH is 1. The van der Waals surface area contributed by atoms with Gasteiger partial charge in [0.1, 0.15) is 5.69 Å². The van der Waals surface area contributed by atoms with Gasteiger partial charge in [-0.15, -0.1) is 11.3 Å². The van der Waals surface area contributed by atoms with E-state index >= 15 is 0 Å². The van der Waals surface area contributed by atoms with Gasteiger partial charge in [0.2, 0.25) is 0 Å². The molecule has 1 aliphatic rings. The Morgan fingerprint density at radius 2 is 1.53 bits per heavy atom. The number of benzene rings is 5. The average Bonchev–Trinajstić information content (AvgIpc) is 3.62. The van der Waals surface area contributed by atoms with Gasteiger partial charge in [-0.3, -0.25) is 9.78 Å². The number of thiazole rings is 1. The topological polar surface area (TPSA) is 106 Å². The normalized spacial score (nSPS) is 17.5. The molecule has 0 unspecified atom stereocenters. The number of fused-ring (bicyclic) bond motifs is 2. The second kappa shape index (κ2) is 15.1. The van der Waals surface area contributed by atoms with Gasteiger partial charge in [-0.2, -0.15) is 0 Å². The fraction of sp³-hybridized carbons (Fsp3) is 0.171. The van der Waals surface area contributed by atoms with Crippen molar-refractivity contribution in [2.75, 3.05) is 5.75 Å². The van der Waals surface area contributed by atoms with Crippen molar-refractivity contribution in [3.05, 3.63) is 155 Å². The summed E-state index contributed by atoms with van der Waals surface area (Å²) in [7, 11) is 0. The molecule has 0 bridgehead atoms. The summed E-state index contributed by atoms with van der Waals surface area (Å²) in [4.78, 5) is 26.7. The average molecular weight is 711 g/mol. The number of hydrogen-bond acceptors (Lipinski definition) is 9. The molecule has 0 saturated carbocycles. The third-order valence-electron chi connectivity index (χ3n) is 8.91. The van der Waals surface area contributed by atoms with E-state index in [1.165, 1.54) is 10.9 Å². The van der Waals surface area contributed by atoms with Gasteiger partial charge >= 0.3 is 0 Å². The minimum atomic E-state index is -0.561. The lowest BCUT2D eigenvalue weighted by atomic mass is 9.97. The molecule has 5 aromatic carbocycles. The summed E-state index contributed by atoms with van der Waals surface area (Å²) in [5.41, 5.74) is 8.58. The molecule has 254 valence electrons. The standard InChI is InChI=1S/C41H34N4O4S2/c46-24-26-13-15-28(16-14-26)37-21-31(25-50-41-45-35-11-5-6-12-38(35)51-41)48-40(49-37)29-19-17-27(18-20-29)32-8-2-1-7-30(32)22-43-39(47)36-23-42-33-9-3-4-10-34(33)44-36/h1-20,23,31,37,40,46H,21-22,24-25H2,(H,43,47)/t31-,37+,40+/m1/s1. The second-order valence-corrected chi connectivity index (χ2v) is 14.6. The van der Waals surface area contributed by atoms with Crippen molar-refractivity contribution in [3.8, 4) is 11.1 Å². The highest BCUT2D eigenvalue weighted by atomic mass is 32.2. The van der Waals surface area contributed by atoms with E-state index in [1.54, 1.807) is 23.1 Å². The predicted octanol–water partition coefficient (Wildman–Crippen LogP) is 8.67. The first-order valence-electron chi connectivity index (χ1n) is 16.8. The number of carbonyl (C=O) groups is 1. The van der Waals surface area contributed by atoms with Crippen LogP contribution >= 0.6 is 23.1 Å². The first-order valence-corrected chi connectivity index (χ1v) is 18.6. The van der Waals surface area contributed by atoms with E-state index in [1.807, 2.05) is 84.9 Å². The third kappa shape index (κ3) is 7.56. The van der Waals surface area contributed by atoms with Gasteiger partial charge in [0, 0.05) is 24.3 Å². The van der Waals surface area contributed by atoms with Crippen LogP contribution in [0.3, 0.4) is 0 Å². The summed E-state index contributed by atoms with van der Waals surface area (Å²) in [6.07, 6.45) is 1.41. The highest BCUT2D eigenvalue weighted by Crippen LogP contribution is 2.41. The Bertz CT molecular complexity index is 2260. The van der Waals surface area contributed by atoms with Gasteiger partial charge in [0.25, 0.3) is 5.91 Å². The quantitative estimate of drug-likeness (QED) is 0.136. The number of nitrogens with one attached hydrogen (secondary N) is 1. The number of thioether (sulfide) groups is 1. The van der Waals surface area contributed by atoms with Crippen LogP contribution in [0.1, 0.15) is 51.6 Å². The summed E-state index contributed by atoms with van der Waals surface area (Å²) >= 11 is 3.42. The van der Waals surface area contributed by atoms with Gasteiger partial charge < -0.3 is 19.9 Å². The zero-order chi connectivity index (χ0) is 34.6. The summed E-state index contributed by atoms with van der Waals surface area (Å²) in [6.45, 7) is 0.338. The number of aliphatic hydroxyl groups is 1. The van der Waals surface area contributed by atoms with Crippen molar-refractivity contribution >= 4 is 50.3 Å². The molecule has 2 N–H and O–H groups in total. The number of para-hydroxylation sites is 3. The Hall–Kier alpha value is -4.97. The van der Waals surface area contributed by atoms with E-state index in [2.05, 4.69) is 51.7 Å². The Morgan fingerprint density at radius 1 is 0.804 bits per heavy atom. The zero-order valence-electron chi connectivity index (χ0n) is 27.5. The molecule has 3 atom stereocenters. The predicted molar refractivity (Wildman–Crippen MR) is 201 cm³/mol. The fourth-order valence-electron chi connectivity index (χ4n) is 6.21. The van der Waals surface area contributed by atoms with Crippen LogP contribution in [0.4, 0.5) is 0 Å². The minimum Gasteiger partial charge on any atom is -0.392 e. The summed E-state index contributed by atoms with van der Waals surface area (Å²) in [5.74, 6) is 0.466. The maximum atomic E-state index is 13.0.